The summed E-state index contributed by atoms with van der Waals surface area (Å²) in [5.41, 5.74) is 1.68. The third kappa shape index (κ3) is 2.71. The standard InChI is InChI=1S/C15H9BrN2O3/c16-10-6-7-12-11(8-10)13(14(19)17-12)18-21-15(20)9-4-2-1-3-5-9/h1-8H,(H,17,18,19). The SMILES string of the molecule is O=C1Nc2ccc(Br)cc2/C1=N/OC(=O)c1ccccc1. The Bertz CT molecular complexity index is 757. The molecule has 1 amide bonds. The van der Waals surface area contributed by atoms with Gasteiger partial charge in [0.05, 0.1) is 11.3 Å². The van der Waals surface area contributed by atoms with E-state index in [0.717, 1.165) is 4.47 Å². The number of fused-ring (bicyclic) bond motifs is 1. The van der Waals surface area contributed by atoms with E-state index in [-0.39, 0.29) is 5.71 Å². The normalized spacial score (nSPS) is 14.7. The largest absolute Gasteiger partial charge is 0.365 e. The maximum absolute atomic E-state index is 11.8. The molecule has 104 valence electrons. The number of carbonyl (C=O) groups excluding carboxylic acids is 2. The first-order chi connectivity index (χ1) is 10.1. The molecule has 0 spiro atoms. The fourth-order valence-electron chi connectivity index (χ4n) is 1.93. The van der Waals surface area contributed by atoms with Crippen LogP contribution in [0.2, 0.25) is 0 Å². The van der Waals surface area contributed by atoms with E-state index in [1.165, 1.54) is 0 Å². The summed E-state index contributed by atoms with van der Waals surface area (Å²) in [6, 6.07) is 13.8. The number of nitrogens with one attached hydrogen (secondary N) is 1. The van der Waals surface area contributed by atoms with Crippen molar-refractivity contribution in [3.05, 3.63) is 64.1 Å². The van der Waals surface area contributed by atoms with Crippen molar-refractivity contribution in [1.82, 2.24) is 0 Å². The fourth-order valence-corrected chi connectivity index (χ4v) is 2.29. The molecule has 0 saturated carbocycles. The van der Waals surface area contributed by atoms with Gasteiger partial charge in [-0.1, -0.05) is 39.3 Å². The van der Waals surface area contributed by atoms with Crippen LogP contribution in [0.15, 0.2) is 58.2 Å². The van der Waals surface area contributed by atoms with Crippen molar-refractivity contribution < 1.29 is 14.4 Å². The molecule has 1 aliphatic heterocycles. The summed E-state index contributed by atoms with van der Waals surface area (Å²) < 4.78 is 0.805. The number of hydrogen-bond acceptors (Lipinski definition) is 4. The van der Waals surface area contributed by atoms with Crippen molar-refractivity contribution in [1.29, 1.82) is 0 Å². The van der Waals surface area contributed by atoms with Gasteiger partial charge in [0.25, 0.3) is 5.91 Å². The molecule has 0 unspecified atom stereocenters. The number of carbonyl (C=O) groups is 2. The van der Waals surface area contributed by atoms with E-state index in [9.17, 15) is 9.59 Å². The fraction of sp³-hybridized carbons (Fsp3) is 0. The molecule has 0 saturated heterocycles. The molecule has 2 aromatic carbocycles. The highest BCUT2D eigenvalue weighted by atomic mass is 79.9. The summed E-state index contributed by atoms with van der Waals surface area (Å²) in [6.07, 6.45) is 0. The van der Waals surface area contributed by atoms with E-state index < -0.39 is 11.9 Å². The summed E-state index contributed by atoms with van der Waals surface area (Å²) in [5.74, 6) is -1.01. The van der Waals surface area contributed by atoms with Gasteiger partial charge in [-0.25, -0.2) is 4.79 Å². The molecule has 1 N–H and O–H groups in total. The van der Waals surface area contributed by atoms with Crippen LogP contribution < -0.4 is 5.32 Å². The minimum absolute atomic E-state index is 0.0792. The van der Waals surface area contributed by atoms with Crippen LogP contribution in [0.4, 0.5) is 5.69 Å². The number of anilines is 1. The van der Waals surface area contributed by atoms with Crippen molar-refractivity contribution in [3.63, 3.8) is 0 Å². The number of benzene rings is 2. The van der Waals surface area contributed by atoms with Crippen LogP contribution in [-0.2, 0) is 9.63 Å². The van der Waals surface area contributed by atoms with Gasteiger partial charge in [0.15, 0.2) is 5.71 Å². The van der Waals surface area contributed by atoms with Gasteiger partial charge in [-0.05, 0) is 30.3 Å². The molecule has 1 aliphatic rings. The van der Waals surface area contributed by atoms with Crippen molar-refractivity contribution >= 4 is 39.2 Å². The Kier molecular flexibility index (Phi) is 3.53. The third-order valence-electron chi connectivity index (χ3n) is 2.93. The van der Waals surface area contributed by atoms with E-state index in [2.05, 4.69) is 26.4 Å². The van der Waals surface area contributed by atoms with Crippen LogP contribution >= 0.6 is 15.9 Å². The third-order valence-corrected chi connectivity index (χ3v) is 3.42. The van der Waals surface area contributed by atoms with Crippen molar-refractivity contribution in [2.75, 3.05) is 5.32 Å². The van der Waals surface area contributed by atoms with Crippen molar-refractivity contribution in [2.45, 2.75) is 0 Å². The minimum atomic E-state index is -0.612. The van der Waals surface area contributed by atoms with Crippen LogP contribution in [0.1, 0.15) is 15.9 Å². The summed E-state index contributed by atoms with van der Waals surface area (Å²) in [6.45, 7) is 0. The smallest absolute Gasteiger partial charge is 0.320 e. The molecule has 5 nitrogen and oxygen atoms in total. The van der Waals surface area contributed by atoms with Gasteiger partial charge in [0.2, 0.25) is 0 Å². The summed E-state index contributed by atoms with van der Waals surface area (Å²) >= 11 is 3.33. The van der Waals surface area contributed by atoms with E-state index >= 15 is 0 Å². The van der Waals surface area contributed by atoms with Crippen molar-refractivity contribution in [2.24, 2.45) is 5.16 Å². The average molecular weight is 345 g/mol. The molecule has 21 heavy (non-hydrogen) atoms. The molecule has 0 bridgehead atoms. The zero-order valence-corrected chi connectivity index (χ0v) is 12.3. The lowest BCUT2D eigenvalue weighted by molar-refractivity contribution is -0.110. The summed E-state index contributed by atoms with van der Waals surface area (Å²) in [7, 11) is 0. The molecule has 6 heteroatoms. The highest BCUT2D eigenvalue weighted by Gasteiger charge is 2.27. The van der Waals surface area contributed by atoms with Gasteiger partial charge in [-0.3, -0.25) is 4.79 Å². The number of nitrogens with zero attached hydrogens (tertiary/aromatic N) is 1. The Labute approximate surface area is 128 Å². The number of hydrogen-bond donors (Lipinski definition) is 1. The Morgan fingerprint density at radius 1 is 1.14 bits per heavy atom. The summed E-state index contributed by atoms with van der Waals surface area (Å²) in [4.78, 5) is 28.5. The van der Waals surface area contributed by atoms with Crippen LogP contribution in [0.5, 0.6) is 0 Å². The van der Waals surface area contributed by atoms with Gasteiger partial charge in [-0.2, -0.15) is 0 Å². The maximum Gasteiger partial charge on any atom is 0.365 e. The maximum atomic E-state index is 11.8. The zero-order chi connectivity index (χ0) is 14.8. The molecule has 2 aromatic rings. The molecule has 0 radical (unpaired) electrons. The van der Waals surface area contributed by atoms with Crippen LogP contribution in [0, 0.1) is 0 Å². The number of amides is 1. The lowest BCUT2D eigenvalue weighted by Crippen LogP contribution is -2.15. The molecule has 1 heterocycles. The Hall–Kier alpha value is -2.47. The van der Waals surface area contributed by atoms with E-state index in [1.54, 1.807) is 48.5 Å². The van der Waals surface area contributed by atoms with Gasteiger partial charge in [0.1, 0.15) is 0 Å². The molecular formula is C15H9BrN2O3. The molecule has 3 rings (SSSR count). The second kappa shape index (κ2) is 5.49. The zero-order valence-electron chi connectivity index (χ0n) is 10.7. The van der Waals surface area contributed by atoms with Crippen molar-refractivity contribution in [3.8, 4) is 0 Å². The number of rotatable bonds is 2. The van der Waals surface area contributed by atoms with Gasteiger partial charge < -0.3 is 10.2 Å². The summed E-state index contributed by atoms with van der Waals surface area (Å²) in [5, 5.41) is 6.35. The highest BCUT2D eigenvalue weighted by molar-refractivity contribution is 9.10. The van der Waals surface area contributed by atoms with Gasteiger partial charge in [0, 0.05) is 10.0 Å². The first-order valence-electron chi connectivity index (χ1n) is 6.11. The van der Waals surface area contributed by atoms with Gasteiger partial charge in [-0.15, -0.1) is 0 Å². The van der Waals surface area contributed by atoms with Crippen LogP contribution in [0.25, 0.3) is 0 Å². The van der Waals surface area contributed by atoms with E-state index in [0.29, 0.717) is 16.8 Å². The molecule has 0 atom stereocenters. The first-order valence-corrected chi connectivity index (χ1v) is 6.90. The number of oxime groups is 1. The predicted molar refractivity (Wildman–Crippen MR) is 81.2 cm³/mol. The molecule has 0 aliphatic carbocycles. The Morgan fingerprint density at radius 3 is 2.67 bits per heavy atom. The predicted octanol–water partition coefficient (Wildman–Crippen LogP) is 2.96. The second-order valence-corrected chi connectivity index (χ2v) is 5.24. The average Bonchev–Trinajstić information content (AvgIpc) is 2.80. The molecular weight excluding hydrogens is 336 g/mol. The van der Waals surface area contributed by atoms with Crippen LogP contribution in [0.3, 0.4) is 0 Å². The first kappa shape index (κ1) is 13.5. The second-order valence-electron chi connectivity index (χ2n) is 4.33. The monoisotopic (exact) mass is 344 g/mol. The topological polar surface area (TPSA) is 67.8 Å². The lowest BCUT2D eigenvalue weighted by Gasteiger charge is -1.99. The van der Waals surface area contributed by atoms with E-state index in [1.807, 2.05) is 0 Å². The Balaban J connectivity index is 1.86. The molecule has 0 fully saturated rings. The minimum Gasteiger partial charge on any atom is -0.320 e. The van der Waals surface area contributed by atoms with Crippen LogP contribution in [-0.4, -0.2) is 17.6 Å². The lowest BCUT2D eigenvalue weighted by atomic mass is 10.1. The van der Waals surface area contributed by atoms with Gasteiger partial charge >= 0.3 is 5.97 Å². The quantitative estimate of drug-likeness (QED) is 0.672. The number of halogens is 1. The Morgan fingerprint density at radius 2 is 1.90 bits per heavy atom. The highest BCUT2D eigenvalue weighted by Crippen LogP contribution is 2.26. The van der Waals surface area contributed by atoms with E-state index in [4.69, 9.17) is 4.84 Å². The molecule has 0 aromatic heterocycles.